The van der Waals surface area contributed by atoms with Crippen LogP contribution >= 0.6 is 0 Å². The van der Waals surface area contributed by atoms with Crippen molar-refractivity contribution in [2.45, 2.75) is 39.0 Å². The van der Waals surface area contributed by atoms with Gasteiger partial charge in [-0.15, -0.1) is 0 Å². The fourth-order valence-electron chi connectivity index (χ4n) is 5.14. The first-order valence-electron chi connectivity index (χ1n) is 10.6. The van der Waals surface area contributed by atoms with E-state index in [1.165, 1.54) is 27.8 Å². The Kier molecular flexibility index (Phi) is 5.28. The van der Waals surface area contributed by atoms with Crippen molar-refractivity contribution in [3.8, 4) is 0 Å². The van der Waals surface area contributed by atoms with Gasteiger partial charge < -0.3 is 0 Å². The highest BCUT2D eigenvalue weighted by atomic mass is 14.5. The summed E-state index contributed by atoms with van der Waals surface area (Å²) < 4.78 is 0. The average Bonchev–Trinajstić information content (AvgIpc) is 3.18. The molecule has 0 heterocycles. The van der Waals surface area contributed by atoms with Crippen molar-refractivity contribution >= 4 is 0 Å². The number of benzene rings is 3. The molecule has 0 aliphatic heterocycles. The van der Waals surface area contributed by atoms with Gasteiger partial charge in [-0.05, 0) is 46.1 Å². The summed E-state index contributed by atoms with van der Waals surface area (Å²) in [5, 5.41) is 0. The smallest absolute Gasteiger partial charge is 0.0468 e. The molecule has 0 heteroatoms. The van der Waals surface area contributed by atoms with Gasteiger partial charge in [0.15, 0.2) is 0 Å². The fourth-order valence-corrected chi connectivity index (χ4v) is 5.14. The number of hydrogen-bond donors (Lipinski definition) is 0. The highest BCUT2D eigenvalue weighted by Gasteiger charge is 2.48. The van der Waals surface area contributed by atoms with Gasteiger partial charge in [-0.25, -0.2) is 0 Å². The van der Waals surface area contributed by atoms with Crippen molar-refractivity contribution < 1.29 is 0 Å². The Balaban J connectivity index is 1.99. The van der Waals surface area contributed by atoms with Gasteiger partial charge in [0.05, 0.1) is 0 Å². The standard InChI is InChI=1S/C29H30/c1-28(2,3)29(25-17-9-5-10-18-25,26-19-11-6-12-20-26)27-21-13-16-24(27)22-23-14-7-4-8-15-23/h4-20H,21-22H2,1-3H3. The molecule has 1 aliphatic rings. The van der Waals surface area contributed by atoms with Crippen molar-refractivity contribution in [3.05, 3.63) is 131 Å². The Hall–Kier alpha value is -2.86. The van der Waals surface area contributed by atoms with Crippen molar-refractivity contribution in [3.63, 3.8) is 0 Å². The van der Waals surface area contributed by atoms with Gasteiger partial charge in [0.2, 0.25) is 0 Å². The molecule has 0 nitrogen and oxygen atoms in total. The molecule has 0 radical (unpaired) electrons. The summed E-state index contributed by atoms with van der Waals surface area (Å²) in [7, 11) is 0. The van der Waals surface area contributed by atoms with Crippen LogP contribution < -0.4 is 0 Å². The van der Waals surface area contributed by atoms with Gasteiger partial charge in [0.1, 0.15) is 0 Å². The van der Waals surface area contributed by atoms with Crippen molar-refractivity contribution in [1.82, 2.24) is 0 Å². The fraction of sp³-hybridized carbons (Fsp3) is 0.241. The van der Waals surface area contributed by atoms with E-state index >= 15 is 0 Å². The second-order valence-electron chi connectivity index (χ2n) is 9.00. The molecule has 146 valence electrons. The lowest BCUT2D eigenvalue weighted by Crippen LogP contribution is -2.43. The molecule has 3 aromatic carbocycles. The third kappa shape index (κ3) is 3.49. The van der Waals surface area contributed by atoms with Crippen LogP contribution in [-0.4, -0.2) is 0 Å². The van der Waals surface area contributed by atoms with E-state index in [0.29, 0.717) is 0 Å². The number of hydrogen-bond acceptors (Lipinski definition) is 0. The lowest BCUT2D eigenvalue weighted by molar-refractivity contribution is 0.263. The summed E-state index contributed by atoms with van der Waals surface area (Å²) in [6, 6.07) is 33.0. The Morgan fingerprint density at radius 3 is 1.62 bits per heavy atom. The summed E-state index contributed by atoms with van der Waals surface area (Å²) in [5.41, 5.74) is 6.95. The molecule has 1 aliphatic carbocycles. The summed E-state index contributed by atoms with van der Waals surface area (Å²) in [6.45, 7) is 7.16. The predicted molar refractivity (Wildman–Crippen MR) is 124 cm³/mol. The monoisotopic (exact) mass is 378 g/mol. The summed E-state index contributed by atoms with van der Waals surface area (Å²) in [6.07, 6.45) is 6.68. The molecule has 4 rings (SSSR count). The second-order valence-corrected chi connectivity index (χ2v) is 9.00. The number of rotatable bonds is 5. The maximum atomic E-state index is 2.39. The second kappa shape index (κ2) is 7.87. The first-order valence-corrected chi connectivity index (χ1v) is 10.6. The zero-order chi connectivity index (χ0) is 20.3. The Morgan fingerprint density at radius 2 is 1.14 bits per heavy atom. The Labute approximate surface area is 175 Å². The van der Waals surface area contributed by atoms with Crippen LogP contribution in [0.15, 0.2) is 114 Å². The van der Waals surface area contributed by atoms with Gasteiger partial charge in [-0.1, -0.05) is 124 Å². The van der Waals surface area contributed by atoms with E-state index in [1.54, 1.807) is 0 Å². The minimum absolute atomic E-state index is 0.0129. The molecular weight excluding hydrogens is 348 g/mol. The SMILES string of the molecule is CC(C)(C)C(C1=C(Cc2ccccc2)C=CC1)(c1ccccc1)c1ccccc1. The van der Waals surface area contributed by atoms with Crippen LogP contribution in [0, 0.1) is 5.41 Å². The summed E-state index contributed by atoms with van der Waals surface area (Å²) in [5.74, 6) is 0. The average molecular weight is 379 g/mol. The molecule has 29 heavy (non-hydrogen) atoms. The van der Waals surface area contributed by atoms with Crippen LogP contribution in [-0.2, 0) is 11.8 Å². The highest BCUT2D eigenvalue weighted by molar-refractivity contribution is 5.57. The molecule has 0 bridgehead atoms. The summed E-state index contributed by atoms with van der Waals surface area (Å²) >= 11 is 0. The van der Waals surface area contributed by atoms with E-state index in [9.17, 15) is 0 Å². The molecule has 0 amide bonds. The molecule has 0 spiro atoms. The van der Waals surface area contributed by atoms with Crippen LogP contribution in [0.3, 0.4) is 0 Å². The minimum atomic E-state index is -0.177. The van der Waals surface area contributed by atoms with Gasteiger partial charge in [0, 0.05) is 5.41 Å². The third-order valence-electron chi connectivity index (χ3n) is 6.26. The first-order chi connectivity index (χ1) is 14.0. The molecular formula is C29H30. The molecule has 0 atom stereocenters. The van der Waals surface area contributed by atoms with E-state index in [0.717, 1.165) is 12.8 Å². The molecule has 0 saturated carbocycles. The quantitative estimate of drug-likeness (QED) is 0.431. The van der Waals surface area contributed by atoms with E-state index in [-0.39, 0.29) is 10.8 Å². The molecule has 3 aromatic rings. The van der Waals surface area contributed by atoms with Gasteiger partial charge in [-0.2, -0.15) is 0 Å². The van der Waals surface area contributed by atoms with Crippen LogP contribution in [0.2, 0.25) is 0 Å². The van der Waals surface area contributed by atoms with E-state index in [1.807, 2.05) is 0 Å². The maximum absolute atomic E-state index is 2.39. The van der Waals surface area contributed by atoms with Gasteiger partial charge in [-0.3, -0.25) is 0 Å². The minimum Gasteiger partial charge on any atom is -0.0801 e. The third-order valence-corrected chi connectivity index (χ3v) is 6.26. The maximum Gasteiger partial charge on any atom is 0.0468 e. The zero-order valence-electron chi connectivity index (χ0n) is 17.7. The van der Waals surface area contributed by atoms with Crippen LogP contribution in [0.1, 0.15) is 43.9 Å². The van der Waals surface area contributed by atoms with E-state index in [2.05, 4.69) is 124 Å². The van der Waals surface area contributed by atoms with E-state index in [4.69, 9.17) is 0 Å². The molecule has 0 saturated heterocycles. The predicted octanol–water partition coefficient (Wildman–Crippen LogP) is 7.52. The Bertz CT molecular complexity index is 960. The van der Waals surface area contributed by atoms with Gasteiger partial charge in [0.25, 0.3) is 0 Å². The van der Waals surface area contributed by atoms with Crippen LogP contribution in [0.5, 0.6) is 0 Å². The highest BCUT2D eigenvalue weighted by Crippen LogP contribution is 2.55. The van der Waals surface area contributed by atoms with Crippen molar-refractivity contribution in [2.24, 2.45) is 5.41 Å². The topological polar surface area (TPSA) is 0 Å². The Morgan fingerprint density at radius 1 is 0.655 bits per heavy atom. The molecule has 0 unspecified atom stereocenters. The molecule has 0 aromatic heterocycles. The molecule has 0 fully saturated rings. The van der Waals surface area contributed by atoms with Crippen molar-refractivity contribution in [2.75, 3.05) is 0 Å². The first kappa shape index (κ1) is 19.5. The van der Waals surface area contributed by atoms with E-state index < -0.39 is 0 Å². The number of allylic oxidation sites excluding steroid dienone is 4. The lowest BCUT2D eigenvalue weighted by atomic mass is 9.54. The molecule has 0 N–H and O–H groups in total. The van der Waals surface area contributed by atoms with Crippen molar-refractivity contribution in [1.29, 1.82) is 0 Å². The van der Waals surface area contributed by atoms with Gasteiger partial charge >= 0.3 is 0 Å². The zero-order valence-corrected chi connectivity index (χ0v) is 17.7. The summed E-state index contributed by atoms with van der Waals surface area (Å²) in [4.78, 5) is 0. The van der Waals surface area contributed by atoms with Crippen LogP contribution in [0.4, 0.5) is 0 Å². The normalized spacial score (nSPS) is 14.4. The largest absolute Gasteiger partial charge is 0.0801 e. The van der Waals surface area contributed by atoms with Crippen LogP contribution in [0.25, 0.3) is 0 Å². The lowest BCUT2D eigenvalue weighted by Gasteiger charge is -2.48.